The Bertz CT molecular complexity index is 611. The highest BCUT2D eigenvalue weighted by Crippen LogP contribution is 2.12. The van der Waals surface area contributed by atoms with Gasteiger partial charge in [0.25, 0.3) is 5.91 Å². The second-order valence-electron chi connectivity index (χ2n) is 4.02. The standard InChI is InChI=1S/C14H13N3O3/c15-11-8-6-10(7-9-11)13(18)16-17(14(19)20)12-4-2-1-3-5-12/h1-9H,15H2,(H,16,18)(H,19,20). The Morgan fingerprint density at radius 3 is 2.15 bits per heavy atom. The Balaban J connectivity index is 2.19. The zero-order chi connectivity index (χ0) is 14.5. The maximum absolute atomic E-state index is 12.0. The molecule has 0 saturated heterocycles. The molecular formula is C14H13N3O3. The van der Waals surface area contributed by atoms with Crippen molar-refractivity contribution < 1.29 is 14.7 Å². The highest BCUT2D eigenvalue weighted by Gasteiger charge is 2.17. The molecule has 0 unspecified atom stereocenters. The summed E-state index contributed by atoms with van der Waals surface area (Å²) in [6.45, 7) is 0. The minimum atomic E-state index is -1.28. The van der Waals surface area contributed by atoms with Gasteiger partial charge in [-0.2, -0.15) is 5.01 Å². The number of hydrogen-bond donors (Lipinski definition) is 3. The van der Waals surface area contributed by atoms with E-state index in [0.717, 1.165) is 5.01 Å². The van der Waals surface area contributed by atoms with Gasteiger partial charge in [-0.05, 0) is 36.4 Å². The van der Waals surface area contributed by atoms with E-state index in [-0.39, 0.29) is 0 Å². The van der Waals surface area contributed by atoms with Crippen LogP contribution in [-0.2, 0) is 0 Å². The molecule has 0 saturated carbocycles. The fourth-order valence-electron chi connectivity index (χ4n) is 1.60. The maximum Gasteiger partial charge on any atom is 0.431 e. The van der Waals surface area contributed by atoms with Gasteiger partial charge >= 0.3 is 6.09 Å². The fraction of sp³-hybridized carbons (Fsp3) is 0. The molecule has 102 valence electrons. The normalized spacial score (nSPS) is 9.80. The largest absolute Gasteiger partial charge is 0.463 e. The fourth-order valence-corrected chi connectivity index (χ4v) is 1.60. The quantitative estimate of drug-likeness (QED) is 0.575. The minimum absolute atomic E-state index is 0.321. The maximum atomic E-state index is 12.0. The highest BCUT2D eigenvalue weighted by atomic mass is 16.4. The van der Waals surface area contributed by atoms with Crippen molar-refractivity contribution in [2.24, 2.45) is 0 Å². The number of hydrazine groups is 1. The van der Waals surface area contributed by atoms with Crippen molar-refractivity contribution in [3.63, 3.8) is 0 Å². The van der Waals surface area contributed by atoms with Crippen molar-refractivity contribution in [3.05, 3.63) is 60.2 Å². The number of hydrogen-bond acceptors (Lipinski definition) is 3. The van der Waals surface area contributed by atoms with Gasteiger partial charge in [0, 0.05) is 11.3 Å². The van der Waals surface area contributed by atoms with Crippen LogP contribution in [0.1, 0.15) is 10.4 Å². The van der Waals surface area contributed by atoms with Crippen LogP contribution in [-0.4, -0.2) is 17.1 Å². The highest BCUT2D eigenvalue weighted by molar-refractivity contribution is 5.99. The van der Waals surface area contributed by atoms with Crippen LogP contribution in [0.3, 0.4) is 0 Å². The number of anilines is 2. The van der Waals surface area contributed by atoms with Gasteiger partial charge in [0.15, 0.2) is 0 Å². The molecule has 0 radical (unpaired) electrons. The van der Waals surface area contributed by atoms with Crippen LogP contribution in [0.25, 0.3) is 0 Å². The van der Waals surface area contributed by atoms with Crippen LogP contribution >= 0.6 is 0 Å². The van der Waals surface area contributed by atoms with Crippen molar-refractivity contribution in [3.8, 4) is 0 Å². The summed E-state index contributed by atoms with van der Waals surface area (Å²) in [6, 6.07) is 14.5. The third kappa shape index (κ3) is 3.05. The first-order chi connectivity index (χ1) is 9.58. The number of nitrogens with zero attached hydrogens (tertiary/aromatic N) is 1. The van der Waals surface area contributed by atoms with Crippen LogP contribution in [0.4, 0.5) is 16.2 Å². The predicted octanol–water partition coefficient (Wildman–Crippen LogP) is 2.10. The minimum Gasteiger partial charge on any atom is -0.463 e. The van der Waals surface area contributed by atoms with Crippen LogP contribution in [0.2, 0.25) is 0 Å². The summed E-state index contributed by atoms with van der Waals surface area (Å²) in [6.07, 6.45) is -1.28. The molecule has 2 rings (SSSR count). The molecule has 0 spiro atoms. The summed E-state index contributed by atoms with van der Waals surface area (Å²) in [4.78, 5) is 23.2. The molecule has 2 aromatic rings. The Kier molecular flexibility index (Phi) is 3.85. The monoisotopic (exact) mass is 271 g/mol. The first kappa shape index (κ1) is 13.4. The second kappa shape index (κ2) is 5.75. The molecule has 0 aromatic heterocycles. The zero-order valence-corrected chi connectivity index (χ0v) is 10.5. The molecule has 6 heteroatoms. The number of amides is 2. The molecule has 6 nitrogen and oxygen atoms in total. The van der Waals surface area contributed by atoms with E-state index >= 15 is 0 Å². The Labute approximate surface area is 115 Å². The number of carboxylic acid groups (broad SMARTS) is 1. The average Bonchev–Trinajstić information content (AvgIpc) is 2.46. The van der Waals surface area contributed by atoms with Crippen LogP contribution < -0.4 is 16.2 Å². The second-order valence-corrected chi connectivity index (χ2v) is 4.02. The van der Waals surface area contributed by atoms with E-state index in [2.05, 4.69) is 5.43 Å². The van der Waals surface area contributed by atoms with E-state index in [1.54, 1.807) is 42.5 Å². The average molecular weight is 271 g/mol. The lowest BCUT2D eigenvalue weighted by molar-refractivity contribution is 0.0944. The molecule has 4 N–H and O–H groups in total. The third-order valence-electron chi connectivity index (χ3n) is 2.59. The van der Waals surface area contributed by atoms with E-state index < -0.39 is 12.0 Å². The summed E-state index contributed by atoms with van der Waals surface area (Å²) < 4.78 is 0. The molecular weight excluding hydrogens is 258 g/mol. The first-order valence-electron chi connectivity index (χ1n) is 5.82. The zero-order valence-electron chi connectivity index (χ0n) is 10.5. The van der Waals surface area contributed by atoms with Crippen molar-refractivity contribution in [1.29, 1.82) is 0 Å². The number of benzene rings is 2. The van der Waals surface area contributed by atoms with E-state index in [1.807, 2.05) is 0 Å². The van der Waals surface area contributed by atoms with Crippen molar-refractivity contribution in [2.75, 3.05) is 10.7 Å². The molecule has 2 aromatic carbocycles. The molecule has 0 fully saturated rings. The van der Waals surface area contributed by atoms with Crippen LogP contribution in [0, 0.1) is 0 Å². The summed E-state index contributed by atoms with van der Waals surface area (Å²) in [5.74, 6) is -0.531. The van der Waals surface area contributed by atoms with Gasteiger partial charge in [-0.3, -0.25) is 10.2 Å². The van der Waals surface area contributed by atoms with E-state index in [9.17, 15) is 9.59 Å². The van der Waals surface area contributed by atoms with Gasteiger partial charge in [-0.1, -0.05) is 18.2 Å². The predicted molar refractivity (Wildman–Crippen MR) is 75.3 cm³/mol. The van der Waals surface area contributed by atoms with E-state index in [1.165, 1.54) is 12.1 Å². The number of nitrogen functional groups attached to an aromatic ring is 1. The number of para-hydroxylation sites is 1. The molecule has 0 aliphatic carbocycles. The van der Waals surface area contributed by atoms with Crippen molar-refractivity contribution in [2.45, 2.75) is 0 Å². The van der Waals surface area contributed by atoms with Gasteiger partial charge in [-0.25, -0.2) is 4.79 Å². The lowest BCUT2D eigenvalue weighted by Crippen LogP contribution is -2.45. The van der Waals surface area contributed by atoms with E-state index in [4.69, 9.17) is 10.8 Å². The summed E-state index contributed by atoms with van der Waals surface area (Å²) in [7, 11) is 0. The third-order valence-corrected chi connectivity index (χ3v) is 2.59. The van der Waals surface area contributed by atoms with Gasteiger partial charge in [0.2, 0.25) is 0 Å². The number of nitrogens with one attached hydrogen (secondary N) is 1. The number of carbonyl (C=O) groups excluding carboxylic acids is 1. The van der Waals surface area contributed by atoms with Gasteiger partial charge < -0.3 is 10.8 Å². The van der Waals surface area contributed by atoms with Crippen LogP contribution in [0.15, 0.2) is 54.6 Å². The van der Waals surface area contributed by atoms with Crippen LogP contribution in [0.5, 0.6) is 0 Å². The van der Waals surface area contributed by atoms with Gasteiger partial charge in [0.1, 0.15) is 0 Å². The molecule has 20 heavy (non-hydrogen) atoms. The molecule has 0 bridgehead atoms. The Morgan fingerprint density at radius 1 is 1.00 bits per heavy atom. The van der Waals surface area contributed by atoms with Gasteiger partial charge in [-0.15, -0.1) is 0 Å². The molecule has 0 aliphatic heterocycles. The first-order valence-corrected chi connectivity index (χ1v) is 5.82. The lowest BCUT2D eigenvalue weighted by Gasteiger charge is -2.19. The SMILES string of the molecule is Nc1ccc(C(=O)NN(C(=O)O)c2ccccc2)cc1. The Morgan fingerprint density at radius 2 is 1.60 bits per heavy atom. The number of rotatable bonds is 2. The van der Waals surface area contributed by atoms with E-state index in [0.29, 0.717) is 16.9 Å². The molecule has 0 aliphatic rings. The molecule has 2 amide bonds. The topological polar surface area (TPSA) is 95.7 Å². The van der Waals surface area contributed by atoms with Crippen molar-refractivity contribution >= 4 is 23.4 Å². The van der Waals surface area contributed by atoms with Crippen molar-refractivity contribution in [1.82, 2.24) is 5.43 Å². The lowest BCUT2D eigenvalue weighted by atomic mass is 10.2. The summed E-state index contributed by atoms with van der Waals surface area (Å²) >= 11 is 0. The Hall–Kier alpha value is -3.02. The van der Waals surface area contributed by atoms with Gasteiger partial charge in [0.05, 0.1) is 5.69 Å². The molecule has 0 atom stereocenters. The summed E-state index contributed by atoms with van der Waals surface area (Å²) in [5, 5.41) is 9.92. The smallest absolute Gasteiger partial charge is 0.431 e. The summed E-state index contributed by atoms with van der Waals surface area (Å²) in [5.41, 5.74) is 9.05. The molecule has 0 heterocycles. The number of nitrogens with two attached hydrogens (primary N) is 1. The number of carbonyl (C=O) groups is 2.